The molecule has 0 bridgehead atoms. The fourth-order valence-electron chi connectivity index (χ4n) is 3.55. The molecule has 8 heteroatoms. The van der Waals surface area contributed by atoms with Gasteiger partial charge in [-0.25, -0.2) is 10.9 Å². The van der Waals surface area contributed by atoms with E-state index in [0.717, 1.165) is 62.5 Å². The minimum atomic E-state index is -0.0382. The smallest absolute Gasteiger partial charge is 0.234 e. The first-order chi connectivity index (χ1) is 16.6. The highest BCUT2D eigenvalue weighted by molar-refractivity contribution is 5.75. The lowest BCUT2D eigenvalue weighted by Crippen LogP contribution is -2.36. The Morgan fingerprint density at radius 2 is 0.912 bits per heavy atom. The van der Waals surface area contributed by atoms with E-state index in [1.807, 2.05) is 12.1 Å². The Balaban J connectivity index is 1.35. The molecule has 6 N–H and O–H groups in total. The fourth-order valence-corrected chi connectivity index (χ4v) is 3.55. The topological polar surface area (TPSA) is 123 Å². The Hall–Kier alpha value is -3.10. The first-order valence-corrected chi connectivity index (χ1v) is 12.1. The summed E-state index contributed by atoms with van der Waals surface area (Å²) in [6.07, 6.45) is 9.24. The van der Waals surface area contributed by atoms with Crippen molar-refractivity contribution in [3.05, 3.63) is 59.7 Å². The van der Waals surface area contributed by atoms with E-state index in [4.69, 9.17) is 0 Å². The van der Waals surface area contributed by atoms with Crippen LogP contribution in [0.4, 0.5) is 0 Å². The van der Waals surface area contributed by atoms with Crippen LogP contribution in [0.5, 0.6) is 11.5 Å². The van der Waals surface area contributed by atoms with Crippen LogP contribution >= 0.6 is 0 Å². The Kier molecular flexibility index (Phi) is 13.2. The normalized spacial score (nSPS) is 10.7. The number of nitrogens with one attached hydrogen (secondary N) is 4. The zero-order valence-corrected chi connectivity index (χ0v) is 19.8. The molecule has 0 fully saturated rings. The summed E-state index contributed by atoms with van der Waals surface area (Å²) in [6.45, 7) is 0.768. The molecule has 34 heavy (non-hydrogen) atoms. The molecule has 0 unspecified atom stereocenters. The summed E-state index contributed by atoms with van der Waals surface area (Å²) in [5.74, 6) is 0.350. The average Bonchev–Trinajstić information content (AvgIpc) is 2.82. The number of hydrogen-bond donors (Lipinski definition) is 6. The van der Waals surface area contributed by atoms with E-state index in [-0.39, 0.29) is 23.3 Å². The van der Waals surface area contributed by atoms with Gasteiger partial charge in [-0.05, 0) is 25.0 Å². The van der Waals surface area contributed by atoms with E-state index < -0.39 is 0 Å². The number of hydrogen-bond acceptors (Lipinski definition) is 6. The number of para-hydroxylation sites is 2. The first kappa shape index (κ1) is 27.1. The molecule has 0 aliphatic rings. The molecule has 0 radical (unpaired) electrons. The van der Waals surface area contributed by atoms with Crippen LogP contribution in [0, 0.1) is 0 Å². The Morgan fingerprint density at radius 1 is 0.559 bits per heavy atom. The van der Waals surface area contributed by atoms with Crippen molar-refractivity contribution in [2.75, 3.05) is 0 Å². The average molecular weight is 471 g/mol. The van der Waals surface area contributed by atoms with Gasteiger partial charge in [-0.3, -0.25) is 20.4 Å². The van der Waals surface area contributed by atoms with Crippen LogP contribution in [0.1, 0.15) is 75.3 Å². The lowest BCUT2D eigenvalue weighted by Gasteiger charge is -2.09. The molecule has 2 aromatic carbocycles. The highest BCUT2D eigenvalue weighted by atomic mass is 16.3. The minimum Gasteiger partial charge on any atom is -0.508 e. The molecule has 0 spiro atoms. The number of amides is 2. The number of hydrazine groups is 2. The van der Waals surface area contributed by atoms with Gasteiger partial charge in [0.15, 0.2) is 0 Å². The number of benzene rings is 2. The van der Waals surface area contributed by atoms with Crippen LogP contribution in [0.3, 0.4) is 0 Å². The van der Waals surface area contributed by atoms with Crippen molar-refractivity contribution in [3.63, 3.8) is 0 Å². The molecule has 2 rings (SSSR count). The van der Waals surface area contributed by atoms with Crippen LogP contribution in [-0.4, -0.2) is 22.0 Å². The van der Waals surface area contributed by atoms with Crippen molar-refractivity contribution < 1.29 is 19.8 Å². The SMILES string of the molecule is O=C(CCCCCCCCCCC(=O)NNCc1ccccc1O)NNCc1ccccc1O. The summed E-state index contributed by atoms with van der Waals surface area (Å²) < 4.78 is 0. The number of carbonyl (C=O) groups is 2. The van der Waals surface area contributed by atoms with Gasteiger partial charge in [0.05, 0.1) is 0 Å². The van der Waals surface area contributed by atoms with E-state index in [2.05, 4.69) is 21.7 Å². The van der Waals surface area contributed by atoms with Gasteiger partial charge in [-0.2, -0.15) is 0 Å². The van der Waals surface area contributed by atoms with Crippen LogP contribution in [0.2, 0.25) is 0 Å². The van der Waals surface area contributed by atoms with Gasteiger partial charge < -0.3 is 10.2 Å². The second-order valence-electron chi connectivity index (χ2n) is 8.39. The maximum atomic E-state index is 11.8. The molecule has 0 saturated carbocycles. The third-order valence-corrected chi connectivity index (χ3v) is 5.55. The van der Waals surface area contributed by atoms with Crippen LogP contribution in [-0.2, 0) is 22.7 Å². The molecular formula is C26H38N4O4. The third-order valence-electron chi connectivity index (χ3n) is 5.55. The van der Waals surface area contributed by atoms with Gasteiger partial charge in [0, 0.05) is 37.1 Å². The van der Waals surface area contributed by atoms with Crippen LogP contribution < -0.4 is 21.7 Å². The quantitative estimate of drug-likeness (QED) is 0.154. The summed E-state index contributed by atoms with van der Waals surface area (Å²) in [4.78, 5) is 23.7. The highest BCUT2D eigenvalue weighted by Gasteiger charge is 2.04. The molecule has 2 aromatic rings. The molecule has 0 heterocycles. The molecule has 0 atom stereocenters. The number of rotatable bonds is 17. The molecule has 186 valence electrons. The maximum Gasteiger partial charge on any atom is 0.234 e. The third kappa shape index (κ3) is 11.7. The number of unbranched alkanes of at least 4 members (excludes halogenated alkanes) is 7. The predicted molar refractivity (Wildman–Crippen MR) is 132 cm³/mol. The number of phenols is 2. The minimum absolute atomic E-state index is 0.0382. The van der Waals surface area contributed by atoms with E-state index in [0.29, 0.717) is 25.9 Å². The number of phenolic OH excluding ortho intramolecular Hbond substituents is 2. The molecule has 0 aromatic heterocycles. The zero-order valence-electron chi connectivity index (χ0n) is 19.8. The summed E-state index contributed by atoms with van der Waals surface area (Å²) in [5, 5.41) is 19.4. The molecule has 8 nitrogen and oxygen atoms in total. The Bertz CT molecular complexity index is 804. The van der Waals surface area contributed by atoms with Gasteiger partial charge in [0.2, 0.25) is 11.8 Å². The van der Waals surface area contributed by atoms with Gasteiger partial charge >= 0.3 is 0 Å². The first-order valence-electron chi connectivity index (χ1n) is 12.1. The number of aromatic hydroxyl groups is 2. The zero-order chi connectivity index (χ0) is 24.4. The Labute approximate surface area is 202 Å². The summed E-state index contributed by atoms with van der Waals surface area (Å²) in [5.41, 5.74) is 12.5. The van der Waals surface area contributed by atoms with E-state index >= 15 is 0 Å². The largest absolute Gasteiger partial charge is 0.508 e. The fraction of sp³-hybridized carbons (Fsp3) is 0.462. The molecule has 2 amide bonds. The monoisotopic (exact) mass is 470 g/mol. The second kappa shape index (κ2) is 16.5. The van der Waals surface area contributed by atoms with Crippen molar-refractivity contribution >= 4 is 11.8 Å². The van der Waals surface area contributed by atoms with Crippen LogP contribution in [0.25, 0.3) is 0 Å². The molecule has 0 aliphatic heterocycles. The molecular weight excluding hydrogens is 432 g/mol. The van der Waals surface area contributed by atoms with E-state index in [1.54, 1.807) is 36.4 Å². The predicted octanol–water partition coefficient (Wildman–Crippen LogP) is 3.94. The lowest BCUT2D eigenvalue weighted by atomic mass is 10.1. The van der Waals surface area contributed by atoms with E-state index in [1.165, 1.54) is 0 Å². The lowest BCUT2D eigenvalue weighted by molar-refractivity contribution is -0.123. The van der Waals surface area contributed by atoms with Crippen molar-refractivity contribution in [3.8, 4) is 11.5 Å². The highest BCUT2D eigenvalue weighted by Crippen LogP contribution is 2.15. The molecule has 0 saturated heterocycles. The van der Waals surface area contributed by atoms with E-state index in [9.17, 15) is 19.8 Å². The van der Waals surface area contributed by atoms with Crippen LogP contribution in [0.15, 0.2) is 48.5 Å². The Morgan fingerprint density at radius 3 is 1.29 bits per heavy atom. The summed E-state index contributed by atoms with van der Waals surface area (Å²) in [7, 11) is 0. The summed E-state index contributed by atoms with van der Waals surface area (Å²) in [6, 6.07) is 14.1. The summed E-state index contributed by atoms with van der Waals surface area (Å²) >= 11 is 0. The second-order valence-corrected chi connectivity index (χ2v) is 8.39. The standard InChI is InChI=1S/C26H38N4O4/c31-23-15-11-9-13-21(23)19-27-29-25(33)17-7-5-3-1-2-4-6-8-18-26(34)30-28-20-22-14-10-12-16-24(22)32/h9-16,27-28,31-32H,1-8,17-20H2,(H,29,33)(H,30,34). The maximum absolute atomic E-state index is 11.8. The van der Waals surface area contributed by atoms with Gasteiger partial charge in [0.1, 0.15) is 11.5 Å². The van der Waals surface area contributed by atoms with Crippen molar-refractivity contribution in [1.29, 1.82) is 0 Å². The molecule has 0 aliphatic carbocycles. The van der Waals surface area contributed by atoms with Crippen molar-refractivity contribution in [1.82, 2.24) is 21.7 Å². The van der Waals surface area contributed by atoms with Crippen molar-refractivity contribution in [2.24, 2.45) is 0 Å². The van der Waals surface area contributed by atoms with Gasteiger partial charge in [-0.15, -0.1) is 0 Å². The number of carbonyl (C=O) groups excluding carboxylic acids is 2. The van der Waals surface area contributed by atoms with Crippen molar-refractivity contribution in [2.45, 2.75) is 77.3 Å². The van der Waals surface area contributed by atoms with Gasteiger partial charge in [-0.1, -0.05) is 74.9 Å². The van der Waals surface area contributed by atoms with Gasteiger partial charge in [0.25, 0.3) is 0 Å².